The number of carbonyl (C=O) groups excluding carboxylic acids is 1. The van der Waals surface area contributed by atoms with Gasteiger partial charge in [-0.05, 0) is 63.8 Å². The Labute approximate surface area is 226 Å². The minimum Gasteiger partial charge on any atom is -0.495 e. The number of fused-ring (bicyclic) bond motifs is 1. The molecule has 1 saturated carbocycles. The highest BCUT2D eigenvalue weighted by Gasteiger charge is 2.36. The van der Waals surface area contributed by atoms with Gasteiger partial charge in [-0.3, -0.25) is 4.79 Å². The number of aryl methyl sites for hydroxylation is 2. The van der Waals surface area contributed by atoms with E-state index in [1.54, 1.807) is 7.11 Å². The molecule has 1 aliphatic carbocycles. The predicted octanol–water partition coefficient (Wildman–Crippen LogP) is 7.13. The van der Waals surface area contributed by atoms with Crippen LogP contribution in [-0.4, -0.2) is 32.7 Å². The first-order valence-corrected chi connectivity index (χ1v) is 13.8. The summed E-state index contributed by atoms with van der Waals surface area (Å²) in [7, 11) is 1.59. The molecule has 3 aromatic heterocycles. The first-order valence-electron chi connectivity index (χ1n) is 13.4. The molecular formula is C29H32ClN5O3. The Morgan fingerprint density at radius 2 is 1.89 bits per heavy atom. The highest BCUT2D eigenvalue weighted by atomic mass is 35.5. The van der Waals surface area contributed by atoms with Gasteiger partial charge in [0.2, 0.25) is 5.91 Å². The number of carbonyl (C=O) groups is 1. The SMILES string of the molecule is COc1ccc(N2C(=O)CCC[C@H]2c2nc3cc(-c4c(C)noc4C)cnc3n2C2CCCCC2)cc1Cl. The zero-order chi connectivity index (χ0) is 26.4. The quantitative estimate of drug-likeness (QED) is 0.271. The van der Waals surface area contributed by atoms with E-state index in [2.05, 4.69) is 15.8 Å². The lowest BCUT2D eigenvalue weighted by Crippen LogP contribution is -2.40. The number of benzene rings is 1. The van der Waals surface area contributed by atoms with E-state index in [0.29, 0.717) is 23.2 Å². The van der Waals surface area contributed by atoms with Crippen molar-refractivity contribution < 1.29 is 14.1 Å². The van der Waals surface area contributed by atoms with E-state index < -0.39 is 0 Å². The molecule has 6 rings (SSSR count). The fraction of sp³-hybridized carbons (Fsp3) is 0.448. The van der Waals surface area contributed by atoms with Crippen LogP contribution in [0.1, 0.15) is 80.7 Å². The van der Waals surface area contributed by atoms with Crippen molar-refractivity contribution in [3.05, 3.63) is 52.8 Å². The van der Waals surface area contributed by atoms with Crippen molar-refractivity contribution in [2.75, 3.05) is 12.0 Å². The van der Waals surface area contributed by atoms with Gasteiger partial charge in [0.05, 0.1) is 23.9 Å². The summed E-state index contributed by atoms with van der Waals surface area (Å²) in [6.07, 6.45) is 9.81. The van der Waals surface area contributed by atoms with E-state index in [-0.39, 0.29) is 11.9 Å². The Bertz CT molecular complexity index is 1480. The van der Waals surface area contributed by atoms with Crippen LogP contribution in [-0.2, 0) is 4.79 Å². The third-order valence-corrected chi connectivity index (χ3v) is 8.27. The number of pyridine rings is 1. The number of amides is 1. The van der Waals surface area contributed by atoms with Gasteiger partial charge in [-0.25, -0.2) is 9.97 Å². The van der Waals surface area contributed by atoms with Gasteiger partial charge in [-0.15, -0.1) is 0 Å². The maximum Gasteiger partial charge on any atom is 0.227 e. The summed E-state index contributed by atoms with van der Waals surface area (Å²) < 4.78 is 13.1. The monoisotopic (exact) mass is 533 g/mol. The van der Waals surface area contributed by atoms with Gasteiger partial charge < -0.3 is 18.7 Å². The summed E-state index contributed by atoms with van der Waals surface area (Å²) in [4.78, 5) is 25.5. The van der Waals surface area contributed by atoms with Gasteiger partial charge in [0.1, 0.15) is 22.9 Å². The van der Waals surface area contributed by atoms with Crippen LogP contribution < -0.4 is 9.64 Å². The van der Waals surface area contributed by atoms with Crippen molar-refractivity contribution in [3.8, 4) is 16.9 Å². The molecule has 1 saturated heterocycles. The lowest BCUT2D eigenvalue weighted by molar-refractivity contribution is -0.120. The third-order valence-electron chi connectivity index (χ3n) is 7.98. The molecule has 0 radical (unpaired) electrons. The van der Waals surface area contributed by atoms with Crippen molar-refractivity contribution in [1.82, 2.24) is 19.7 Å². The minimum atomic E-state index is -0.209. The van der Waals surface area contributed by atoms with Gasteiger partial charge >= 0.3 is 0 Å². The first-order chi connectivity index (χ1) is 18.5. The van der Waals surface area contributed by atoms with E-state index in [0.717, 1.165) is 70.9 Å². The maximum atomic E-state index is 13.4. The second-order valence-corrected chi connectivity index (χ2v) is 10.8. The summed E-state index contributed by atoms with van der Waals surface area (Å²) in [5.74, 6) is 2.32. The number of hydrogen-bond acceptors (Lipinski definition) is 6. The third kappa shape index (κ3) is 4.25. The van der Waals surface area contributed by atoms with E-state index >= 15 is 0 Å². The van der Waals surface area contributed by atoms with Crippen molar-refractivity contribution in [2.24, 2.45) is 0 Å². The molecule has 0 N–H and O–H groups in total. The maximum absolute atomic E-state index is 13.4. The number of anilines is 1. The molecule has 1 atom stereocenters. The fourth-order valence-corrected chi connectivity index (χ4v) is 6.46. The smallest absolute Gasteiger partial charge is 0.227 e. The van der Waals surface area contributed by atoms with Crippen molar-refractivity contribution in [2.45, 2.75) is 77.3 Å². The lowest BCUT2D eigenvalue weighted by atomic mass is 9.94. The summed E-state index contributed by atoms with van der Waals surface area (Å²) in [6, 6.07) is 7.72. The average molecular weight is 534 g/mol. The topological polar surface area (TPSA) is 86.3 Å². The Morgan fingerprint density at radius 1 is 1.08 bits per heavy atom. The normalized spacial score (nSPS) is 18.9. The fourth-order valence-electron chi connectivity index (χ4n) is 6.21. The van der Waals surface area contributed by atoms with Gasteiger partial charge in [0, 0.05) is 35.5 Å². The number of piperidine rings is 1. The van der Waals surface area contributed by atoms with Gasteiger partial charge in [-0.2, -0.15) is 0 Å². The van der Waals surface area contributed by atoms with Crippen molar-refractivity contribution >= 4 is 34.4 Å². The molecule has 1 amide bonds. The molecule has 1 aliphatic heterocycles. The molecule has 2 fully saturated rings. The molecule has 0 bridgehead atoms. The minimum absolute atomic E-state index is 0.0779. The molecule has 0 unspecified atom stereocenters. The number of aromatic nitrogens is 4. The van der Waals surface area contributed by atoms with Gasteiger partial charge in [-0.1, -0.05) is 36.0 Å². The summed E-state index contributed by atoms with van der Waals surface area (Å²) >= 11 is 6.49. The average Bonchev–Trinajstić information content (AvgIpc) is 3.47. The molecule has 198 valence electrons. The Kier molecular flexibility index (Phi) is 6.60. The molecule has 4 aromatic rings. The van der Waals surface area contributed by atoms with Crippen LogP contribution in [0.2, 0.25) is 5.02 Å². The second kappa shape index (κ2) is 10.1. The van der Waals surface area contributed by atoms with Crippen LogP contribution in [0.15, 0.2) is 35.0 Å². The molecule has 0 spiro atoms. The molecule has 1 aromatic carbocycles. The number of imidazole rings is 1. The van der Waals surface area contributed by atoms with E-state index in [1.807, 2.05) is 43.1 Å². The standard InChI is InChI=1S/C29H32ClN5O3/c1-17-27(18(2)38-33-17)19-14-23-28(31-16-19)35(20-8-5-4-6-9-20)29(32-23)24-10-7-11-26(36)34(24)21-12-13-25(37-3)22(30)15-21/h12-16,20,24H,4-11H2,1-3H3/t24-/m0/s1. The number of methoxy groups -OCH3 is 1. The largest absolute Gasteiger partial charge is 0.495 e. The van der Waals surface area contributed by atoms with E-state index in [4.69, 9.17) is 30.8 Å². The molecule has 9 heteroatoms. The number of nitrogens with zero attached hydrogens (tertiary/aromatic N) is 5. The summed E-state index contributed by atoms with van der Waals surface area (Å²) in [5, 5.41) is 4.60. The molecule has 8 nitrogen and oxygen atoms in total. The number of ether oxygens (including phenoxy) is 1. The molecule has 2 aliphatic rings. The molecule has 4 heterocycles. The van der Waals surface area contributed by atoms with Crippen LogP contribution in [0.4, 0.5) is 5.69 Å². The van der Waals surface area contributed by atoms with Crippen LogP contribution in [0.3, 0.4) is 0 Å². The van der Waals surface area contributed by atoms with Crippen LogP contribution in [0, 0.1) is 13.8 Å². The summed E-state index contributed by atoms with van der Waals surface area (Å²) in [5.41, 5.74) is 5.18. The van der Waals surface area contributed by atoms with Crippen LogP contribution in [0.25, 0.3) is 22.3 Å². The van der Waals surface area contributed by atoms with Crippen LogP contribution in [0.5, 0.6) is 5.75 Å². The molecule has 38 heavy (non-hydrogen) atoms. The lowest BCUT2D eigenvalue weighted by Gasteiger charge is -2.37. The van der Waals surface area contributed by atoms with E-state index in [1.165, 1.54) is 19.3 Å². The number of rotatable bonds is 5. The Morgan fingerprint density at radius 3 is 2.61 bits per heavy atom. The highest BCUT2D eigenvalue weighted by Crippen LogP contribution is 2.42. The molecular weight excluding hydrogens is 502 g/mol. The van der Waals surface area contributed by atoms with Gasteiger partial charge in [0.25, 0.3) is 0 Å². The zero-order valence-corrected chi connectivity index (χ0v) is 22.8. The summed E-state index contributed by atoms with van der Waals surface area (Å²) in [6.45, 7) is 3.85. The van der Waals surface area contributed by atoms with Crippen molar-refractivity contribution in [3.63, 3.8) is 0 Å². The highest BCUT2D eigenvalue weighted by molar-refractivity contribution is 6.32. The number of hydrogen-bond donors (Lipinski definition) is 0. The second-order valence-electron chi connectivity index (χ2n) is 10.4. The van der Waals surface area contributed by atoms with Gasteiger partial charge in [0.15, 0.2) is 5.65 Å². The van der Waals surface area contributed by atoms with Crippen molar-refractivity contribution in [1.29, 1.82) is 0 Å². The van der Waals surface area contributed by atoms with Crippen LogP contribution >= 0.6 is 11.6 Å². The first kappa shape index (κ1) is 24.9. The Balaban J connectivity index is 1.51. The van der Waals surface area contributed by atoms with E-state index in [9.17, 15) is 4.79 Å². The Hall–Kier alpha value is -3.39. The predicted molar refractivity (Wildman–Crippen MR) is 147 cm³/mol. The zero-order valence-electron chi connectivity index (χ0n) is 22.0. The number of halogens is 1.